The van der Waals surface area contributed by atoms with Crippen molar-refractivity contribution in [2.45, 2.75) is 52.0 Å². The summed E-state index contributed by atoms with van der Waals surface area (Å²) in [6.45, 7) is 10.4. The van der Waals surface area contributed by atoms with Gasteiger partial charge in [0.05, 0.1) is 0 Å². The molecule has 0 spiro atoms. The largest absolute Gasteiger partial charge is 0.312 e. The number of nitrogens with one attached hydrogen (secondary N) is 2. The zero-order valence-electron chi connectivity index (χ0n) is 13.3. The number of hydrogen-bond donors (Lipinski definition) is 2. The van der Waals surface area contributed by atoms with E-state index < -0.39 is 10.0 Å². The van der Waals surface area contributed by atoms with Gasteiger partial charge in [0.2, 0.25) is 10.0 Å². The average molecular weight is 331 g/mol. The molecule has 6 heteroatoms. The maximum Gasteiger partial charge on any atom is 0.241 e. The molecule has 1 heterocycles. The van der Waals surface area contributed by atoms with Gasteiger partial charge in [-0.25, -0.2) is 13.1 Å². The van der Waals surface area contributed by atoms with Crippen molar-refractivity contribution in [3.63, 3.8) is 0 Å². The molecule has 0 bridgehead atoms. The average Bonchev–Trinajstić information content (AvgIpc) is 2.82. The Bertz CT molecular complexity index is 591. The maximum atomic E-state index is 12.6. The third-order valence-electron chi connectivity index (χ3n) is 4.21. The van der Waals surface area contributed by atoms with Crippen LogP contribution in [0.4, 0.5) is 0 Å². The van der Waals surface area contributed by atoms with E-state index in [1.165, 1.54) is 11.3 Å². The lowest BCUT2D eigenvalue weighted by Crippen LogP contribution is -2.28. The lowest BCUT2D eigenvalue weighted by atomic mass is 10.1. The Morgan fingerprint density at radius 2 is 2.10 bits per heavy atom. The molecule has 0 amide bonds. The van der Waals surface area contributed by atoms with E-state index in [1.807, 2.05) is 12.3 Å². The minimum absolute atomic E-state index is 0.289. The summed E-state index contributed by atoms with van der Waals surface area (Å²) in [6, 6.07) is 0. The van der Waals surface area contributed by atoms with Crippen molar-refractivity contribution in [3.05, 3.63) is 15.8 Å². The molecule has 21 heavy (non-hydrogen) atoms. The number of sulfonamides is 1. The molecule has 1 aliphatic rings. The number of hydrogen-bond acceptors (Lipinski definition) is 4. The summed E-state index contributed by atoms with van der Waals surface area (Å²) in [6.07, 6.45) is 2.14. The van der Waals surface area contributed by atoms with Crippen LogP contribution in [0.15, 0.2) is 10.3 Å². The second-order valence-corrected chi connectivity index (χ2v) is 9.26. The molecular weight excluding hydrogens is 304 g/mol. The third kappa shape index (κ3) is 4.06. The van der Waals surface area contributed by atoms with E-state index in [2.05, 4.69) is 30.8 Å². The van der Waals surface area contributed by atoms with Gasteiger partial charge < -0.3 is 5.32 Å². The summed E-state index contributed by atoms with van der Waals surface area (Å²) in [7, 11) is -3.40. The van der Waals surface area contributed by atoms with Crippen molar-refractivity contribution in [1.29, 1.82) is 0 Å². The van der Waals surface area contributed by atoms with Crippen LogP contribution in [0.2, 0.25) is 0 Å². The monoisotopic (exact) mass is 330 g/mol. The molecule has 0 saturated heterocycles. The second-order valence-electron chi connectivity index (χ2n) is 6.59. The molecule has 1 saturated carbocycles. The smallest absolute Gasteiger partial charge is 0.241 e. The van der Waals surface area contributed by atoms with Crippen molar-refractivity contribution in [1.82, 2.24) is 10.0 Å². The molecule has 1 unspecified atom stereocenters. The van der Waals surface area contributed by atoms with Crippen molar-refractivity contribution < 1.29 is 8.42 Å². The van der Waals surface area contributed by atoms with Gasteiger partial charge in [-0.1, -0.05) is 20.8 Å². The summed E-state index contributed by atoms with van der Waals surface area (Å²) in [5.41, 5.74) is 1.13. The van der Waals surface area contributed by atoms with Gasteiger partial charge in [-0.15, -0.1) is 11.3 Å². The van der Waals surface area contributed by atoms with Crippen LogP contribution in [0.5, 0.6) is 0 Å². The Morgan fingerprint density at radius 3 is 2.67 bits per heavy atom. The fourth-order valence-corrected chi connectivity index (χ4v) is 5.41. The molecular formula is C15H26N2O2S2. The molecule has 1 aromatic rings. The Balaban J connectivity index is 2.06. The van der Waals surface area contributed by atoms with E-state index in [1.54, 1.807) is 0 Å². The molecule has 1 atom stereocenters. The topological polar surface area (TPSA) is 58.2 Å². The normalized spacial score (nSPS) is 20.7. The molecule has 1 fully saturated rings. The first-order chi connectivity index (χ1) is 9.78. The van der Waals surface area contributed by atoms with E-state index in [4.69, 9.17) is 0 Å². The second kappa shape index (κ2) is 6.36. The van der Waals surface area contributed by atoms with Crippen LogP contribution in [0.25, 0.3) is 0 Å². The number of thiophene rings is 1. The fourth-order valence-electron chi connectivity index (χ4n) is 2.56. The highest BCUT2D eigenvalue weighted by Gasteiger charge is 2.45. The zero-order chi connectivity index (χ0) is 15.7. The minimum Gasteiger partial charge on any atom is -0.312 e. The van der Waals surface area contributed by atoms with Crippen LogP contribution in [0.1, 0.15) is 44.1 Å². The van der Waals surface area contributed by atoms with E-state index >= 15 is 0 Å². The summed E-state index contributed by atoms with van der Waals surface area (Å²) in [5.74, 6) is 0.466. The Labute approximate surface area is 132 Å². The van der Waals surface area contributed by atoms with Crippen LogP contribution >= 0.6 is 11.3 Å². The van der Waals surface area contributed by atoms with Crippen LogP contribution < -0.4 is 10.0 Å². The summed E-state index contributed by atoms with van der Waals surface area (Å²) in [5, 5.41) is 5.21. The molecule has 0 aromatic carbocycles. The predicted molar refractivity (Wildman–Crippen MR) is 88.1 cm³/mol. The SMILES string of the molecule is CCCNCc1scc(C)c1S(=O)(=O)NCC1CC1(C)C. The van der Waals surface area contributed by atoms with E-state index in [-0.39, 0.29) is 5.41 Å². The van der Waals surface area contributed by atoms with E-state index in [0.29, 0.717) is 23.9 Å². The molecule has 4 nitrogen and oxygen atoms in total. The van der Waals surface area contributed by atoms with Crippen molar-refractivity contribution in [2.24, 2.45) is 11.3 Å². The van der Waals surface area contributed by atoms with E-state index in [0.717, 1.165) is 29.8 Å². The van der Waals surface area contributed by atoms with E-state index in [9.17, 15) is 8.42 Å². The van der Waals surface area contributed by atoms with Gasteiger partial charge in [0.25, 0.3) is 0 Å². The lowest BCUT2D eigenvalue weighted by molar-refractivity contribution is 0.537. The van der Waals surface area contributed by atoms with Gasteiger partial charge in [0, 0.05) is 18.0 Å². The van der Waals surface area contributed by atoms with Crippen LogP contribution in [0.3, 0.4) is 0 Å². The summed E-state index contributed by atoms with van der Waals surface area (Å²) in [4.78, 5) is 1.39. The van der Waals surface area contributed by atoms with Gasteiger partial charge >= 0.3 is 0 Å². The first kappa shape index (κ1) is 16.9. The lowest BCUT2D eigenvalue weighted by Gasteiger charge is -2.10. The fraction of sp³-hybridized carbons (Fsp3) is 0.733. The highest BCUT2D eigenvalue weighted by Crippen LogP contribution is 2.51. The Morgan fingerprint density at radius 1 is 1.43 bits per heavy atom. The van der Waals surface area contributed by atoms with Crippen molar-refractivity contribution >= 4 is 21.4 Å². The molecule has 0 radical (unpaired) electrons. The molecule has 1 aromatic heterocycles. The predicted octanol–water partition coefficient (Wildman–Crippen LogP) is 2.88. The van der Waals surface area contributed by atoms with Gasteiger partial charge in [-0.2, -0.15) is 0 Å². The number of aryl methyl sites for hydroxylation is 1. The minimum atomic E-state index is -3.40. The van der Waals surface area contributed by atoms with Gasteiger partial charge in [-0.3, -0.25) is 0 Å². The highest BCUT2D eigenvalue weighted by atomic mass is 32.2. The zero-order valence-corrected chi connectivity index (χ0v) is 15.0. The van der Waals surface area contributed by atoms with Crippen molar-refractivity contribution in [2.75, 3.05) is 13.1 Å². The first-order valence-corrected chi connectivity index (χ1v) is 9.91. The Hall–Kier alpha value is -0.430. The first-order valence-electron chi connectivity index (χ1n) is 7.55. The molecule has 120 valence electrons. The standard InChI is InChI=1S/C15H26N2O2S2/c1-5-6-16-9-13-14(11(2)10-20-13)21(18,19)17-8-12-7-15(12,3)4/h10,12,16-17H,5-9H2,1-4H3. The van der Waals surface area contributed by atoms with Crippen LogP contribution in [-0.2, 0) is 16.6 Å². The summed E-state index contributed by atoms with van der Waals surface area (Å²) < 4.78 is 28.0. The highest BCUT2D eigenvalue weighted by molar-refractivity contribution is 7.89. The molecule has 2 N–H and O–H groups in total. The van der Waals surface area contributed by atoms with Crippen LogP contribution in [-0.4, -0.2) is 21.5 Å². The van der Waals surface area contributed by atoms with Gasteiger partial charge in [0.1, 0.15) is 4.90 Å². The molecule has 2 rings (SSSR count). The summed E-state index contributed by atoms with van der Waals surface area (Å²) >= 11 is 1.52. The quantitative estimate of drug-likeness (QED) is 0.721. The number of rotatable bonds is 8. The van der Waals surface area contributed by atoms with Crippen LogP contribution in [0, 0.1) is 18.3 Å². The molecule has 1 aliphatic carbocycles. The maximum absolute atomic E-state index is 12.6. The Kier molecular flexibility index (Phi) is 5.13. The van der Waals surface area contributed by atoms with Crippen molar-refractivity contribution in [3.8, 4) is 0 Å². The van der Waals surface area contributed by atoms with Gasteiger partial charge in [-0.05, 0) is 48.6 Å². The third-order valence-corrected chi connectivity index (χ3v) is 7.09. The molecule has 0 aliphatic heterocycles. The van der Waals surface area contributed by atoms with Gasteiger partial charge in [0.15, 0.2) is 0 Å².